The molecular weight excluding hydrogens is 480 g/mol. The van der Waals surface area contributed by atoms with Crippen molar-refractivity contribution < 1.29 is 0 Å². The summed E-state index contributed by atoms with van der Waals surface area (Å²) in [5, 5.41) is 0. The van der Waals surface area contributed by atoms with Gasteiger partial charge in [0.25, 0.3) is 0 Å². The van der Waals surface area contributed by atoms with Gasteiger partial charge in [-0.05, 0) is 145 Å². The normalized spacial score (nSPS) is 30.2. The van der Waals surface area contributed by atoms with Crippen LogP contribution in [0.1, 0.15) is 157 Å². The Morgan fingerprint density at radius 3 is 2.20 bits per heavy atom. The van der Waals surface area contributed by atoms with Gasteiger partial charge in [-0.25, -0.2) is 0 Å². The van der Waals surface area contributed by atoms with E-state index in [1.807, 2.05) is 0 Å². The molecule has 0 bridgehead atoms. The van der Waals surface area contributed by atoms with Crippen molar-refractivity contribution in [3.05, 3.63) is 82.4 Å². The van der Waals surface area contributed by atoms with E-state index in [4.69, 9.17) is 6.58 Å². The van der Waals surface area contributed by atoms with Crippen molar-refractivity contribution in [3.63, 3.8) is 0 Å². The van der Waals surface area contributed by atoms with Crippen LogP contribution in [-0.4, -0.2) is 0 Å². The van der Waals surface area contributed by atoms with Gasteiger partial charge in [-0.2, -0.15) is 0 Å². The number of fused-ring (bicyclic) bond motifs is 1. The van der Waals surface area contributed by atoms with E-state index in [1.165, 1.54) is 69.8 Å². The third kappa shape index (κ3) is 6.32. The standard InChI is InChI=1S/C40H58/c1-26-14-16-34(24-26)36-21-15-27(2)38-37(25-35(39(36)38)22-23-40(6,7)8)29(4)28(3)32-17-19-33(20-18-32)30(5)31-12-10-9-11-13-31/h9-13,15,21,26,29-30,32-35,37H,3,14,16-20,22-25H2,1-2,4-8H3. The molecule has 0 spiro atoms. The minimum absolute atomic E-state index is 0.398. The van der Waals surface area contributed by atoms with Crippen LogP contribution in [0.4, 0.5) is 0 Å². The van der Waals surface area contributed by atoms with Gasteiger partial charge in [0.1, 0.15) is 0 Å². The van der Waals surface area contributed by atoms with Gasteiger partial charge >= 0.3 is 0 Å². The first-order valence-corrected chi connectivity index (χ1v) is 16.9. The second-order valence-electron chi connectivity index (χ2n) is 15.7. The molecular formula is C40H58. The molecule has 0 aromatic heterocycles. The van der Waals surface area contributed by atoms with E-state index in [0.717, 1.165) is 23.7 Å². The van der Waals surface area contributed by atoms with Crippen molar-refractivity contribution in [2.45, 2.75) is 136 Å². The number of rotatable bonds is 8. The molecule has 0 radical (unpaired) electrons. The van der Waals surface area contributed by atoms with E-state index in [1.54, 1.807) is 27.8 Å². The third-order valence-electron chi connectivity index (χ3n) is 11.8. The van der Waals surface area contributed by atoms with E-state index in [2.05, 4.69) is 90.9 Å². The minimum Gasteiger partial charge on any atom is -0.0993 e. The molecule has 3 aliphatic rings. The Labute approximate surface area is 247 Å². The summed E-state index contributed by atoms with van der Waals surface area (Å²) in [5.74, 6) is 5.78. The second-order valence-corrected chi connectivity index (χ2v) is 15.7. The molecule has 40 heavy (non-hydrogen) atoms. The molecule has 2 aromatic carbocycles. The number of hydrogen-bond donors (Lipinski definition) is 0. The maximum atomic E-state index is 4.87. The number of allylic oxidation sites excluding steroid dienone is 1. The van der Waals surface area contributed by atoms with Crippen molar-refractivity contribution in [2.24, 2.45) is 29.1 Å². The predicted molar refractivity (Wildman–Crippen MR) is 174 cm³/mol. The zero-order valence-electron chi connectivity index (χ0n) is 26.9. The highest BCUT2D eigenvalue weighted by Crippen LogP contribution is 2.56. The molecule has 2 fully saturated rings. The number of benzene rings is 2. The first-order valence-electron chi connectivity index (χ1n) is 16.9. The molecule has 0 heterocycles. The van der Waals surface area contributed by atoms with Gasteiger partial charge in [-0.3, -0.25) is 0 Å². The Morgan fingerprint density at radius 1 is 0.875 bits per heavy atom. The smallest absolute Gasteiger partial charge is 0.00876 e. The largest absolute Gasteiger partial charge is 0.0993 e. The van der Waals surface area contributed by atoms with Gasteiger partial charge < -0.3 is 0 Å². The lowest BCUT2D eigenvalue weighted by Gasteiger charge is -2.36. The highest BCUT2D eigenvalue weighted by molar-refractivity contribution is 5.51. The van der Waals surface area contributed by atoms with E-state index in [-0.39, 0.29) is 0 Å². The molecule has 0 amide bonds. The SMILES string of the molecule is C=C(C1CCC(C(C)c2ccccc2)CC1)C(C)C1CC(CCC(C)(C)C)c2c(C3CCC(C)C3)ccc(C)c21. The summed E-state index contributed by atoms with van der Waals surface area (Å²) < 4.78 is 0. The summed E-state index contributed by atoms with van der Waals surface area (Å²) in [5.41, 5.74) is 10.3. The van der Waals surface area contributed by atoms with Crippen molar-refractivity contribution in [3.8, 4) is 0 Å². The monoisotopic (exact) mass is 538 g/mol. The summed E-state index contributed by atoms with van der Waals surface area (Å²) in [6, 6.07) is 16.3. The van der Waals surface area contributed by atoms with Crippen LogP contribution >= 0.6 is 0 Å². The molecule has 0 heteroatoms. The average molecular weight is 539 g/mol. The lowest BCUT2D eigenvalue weighted by molar-refractivity contribution is 0.257. The van der Waals surface area contributed by atoms with Crippen molar-refractivity contribution in [2.75, 3.05) is 0 Å². The number of aryl methyl sites for hydroxylation is 1. The summed E-state index contributed by atoms with van der Waals surface area (Å²) in [4.78, 5) is 0. The van der Waals surface area contributed by atoms with Crippen LogP contribution in [0.15, 0.2) is 54.6 Å². The Morgan fingerprint density at radius 2 is 1.57 bits per heavy atom. The highest BCUT2D eigenvalue weighted by Gasteiger charge is 2.41. The fourth-order valence-corrected chi connectivity index (χ4v) is 9.07. The lowest BCUT2D eigenvalue weighted by Crippen LogP contribution is -2.23. The quantitative estimate of drug-likeness (QED) is 0.293. The first kappa shape index (κ1) is 29.7. The molecule has 3 aliphatic carbocycles. The van der Waals surface area contributed by atoms with Gasteiger partial charge in [-0.1, -0.05) is 103 Å². The van der Waals surface area contributed by atoms with Gasteiger partial charge in [0.15, 0.2) is 0 Å². The average Bonchev–Trinajstić information content (AvgIpc) is 3.55. The van der Waals surface area contributed by atoms with E-state index in [0.29, 0.717) is 29.1 Å². The molecule has 2 aromatic rings. The van der Waals surface area contributed by atoms with Crippen LogP contribution in [0.5, 0.6) is 0 Å². The van der Waals surface area contributed by atoms with E-state index >= 15 is 0 Å². The van der Waals surface area contributed by atoms with Crippen LogP contribution in [-0.2, 0) is 0 Å². The second kappa shape index (κ2) is 12.2. The van der Waals surface area contributed by atoms with E-state index in [9.17, 15) is 0 Å². The summed E-state index contributed by atoms with van der Waals surface area (Å²) in [6.45, 7) is 22.0. The maximum absolute atomic E-state index is 4.87. The van der Waals surface area contributed by atoms with Gasteiger partial charge in [-0.15, -0.1) is 0 Å². The zero-order chi connectivity index (χ0) is 28.6. The molecule has 6 unspecified atom stereocenters. The van der Waals surface area contributed by atoms with Crippen LogP contribution in [0.3, 0.4) is 0 Å². The Balaban J connectivity index is 1.34. The molecule has 218 valence electrons. The molecule has 0 nitrogen and oxygen atoms in total. The molecule has 0 N–H and O–H groups in total. The van der Waals surface area contributed by atoms with Crippen LogP contribution in [0.2, 0.25) is 0 Å². The summed E-state index contributed by atoms with van der Waals surface area (Å²) >= 11 is 0. The zero-order valence-corrected chi connectivity index (χ0v) is 26.9. The van der Waals surface area contributed by atoms with Gasteiger partial charge in [0, 0.05) is 0 Å². The minimum atomic E-state index is 0.398. The maximum Gasteiger partial charge on any atom is -0.00876 e. The summed E-state index contributed by atoms with van der Waals surface area (Å²) in [6.07, 6.45) is 13.5. The van der Waals surface area contributed by atoms with Crippen molar-refractivity contribution >= 4 is 0 Å². The van der Waals surface area contributed by atoms with Crippen LogP contribution in [0.25, 0.3) is 0 Å². The summed E-state index contributed by atoms with van der Waals surface area (Å²) in [7, 11) is 0. The van der Waals surface area contributed by atoms with Crippen molar-refractivity contribution in [1.29, 1.82) is 0 Å². The molecule has 6 atom stereocenters. The molecule has 0 saturated heterocycles. The van der Waals surface area contributed by atoms with E-state index < -0.39 is 0 Å². The lowest BCUT2D eigenvalue weighted by atomic mass is 9.69. The van der Waals surface area contributed by atoms with Crippen molar-refractivity contribution in [1.82, 2.24) is 0 Å². The predicted octanol–water partition coefficient (Wildman–Crippen LogP) is 12.1. The molecule has 5 rings (SSSR count). The molecule has 0 aliphatic heterocycles. The van der Waals surface area contributed by atoms with Gasteiger partial charge in [0.05, 0.1) is 0 Å². The Kier molecular flexibility index (Phi) is 9.04. The fourth-order valence-electron chi connectivity index (χ4n) is 9.07. The molecule has 2 saturated carbocycles. The first-order chi connectivity index (χ1) is 19.0. The Hall–Kier alpha value is -1.82. The topological polar surface area (TPSA) is 0 Å². The highest BCUT2D eigenvalue weighted by atomic mass is 14.5. The Bertz CT molecular complexity index is 1140. The van der Waals surface area contributed by atoms with Gasteiger partial charge in [0.2, 0.25) is 0 Å². The fraction of sp³-hybridized carbons (Fsp3) is 0.650. The van der Waals surface area contributed by atoms with Crippen LogP contribution in [0, 0.1) is 36.0 Å². The number of hydrogen-bond acceptors (Lipinski definition) is 0. The van der Waals surface area contributed by atoms with Crippen LogP contribution < -0.4 is 0 Å². The third-order valence-corrected chi connectivity index (χ3v) is 11.8.